The summed E-state index contributed by atoms with van der Waals surface area (Å²) in [5, 5.41) is 9.42. The number of aromatic nitrogens is 1. The van der Waals surface area contributed by atoms with Gasteiger partial charge in [-0.1, -0.05) is 23.8 Å². The van der Waals surface area contributed by atoms with Crippen LogP contribution >= 0.6 is 11.3 Å². The van der Waals surface area contributed by atoms with Gasteiger partial charge in [0.15, 0.2) is 10.9 Å². The highest BCUT2D eigenvalue weighted by Gasteiger charge is 2.50. The number of nitrogens with zero attached hydrogens (tertiary/aromatic N) is 2. The van der Waals surface area contributed by atoms with Gasteiger partial charge >= 0.3 is 0 Å². The lowest BCUT2D eigenvalue weighted by atomic mass is 9.94. The fourth-order valence-corrected chi connectivity index (χ4v) is 6.70. The minimum atomic E-state index is -0.990. The van der Waals surface area contributed by atoms with E-state index in [1.807, 2.05) is 12.1 Å². The Morgan fingerprint density at radius 1 is 1.02 bits per heavy atom. The Balaban J connectivity index is 1.24. The average Bonchev–Trinajstić information content (AvgIpc) is 3.50. The van der Waals surface area contributed by atoms with Crippen LogP contribution in [-0.2, 0) is 36.8 Å². The molecule has 0 radical (unpaired) electrons. The molecule has 2 saturated heterocycles. The number of allylic oxidation sites excluding steroid dienone is 1. The second kappa shape index (κ2) is 14.6. The van der Waals surface area contributed by atoms with Crippen LogP contribution in [-0.4, -0.2) is 79.0 Å². The third-order valence-corrected chi connectivity index (χ3v) is 9.65. The molecule has 3 amide bonds. The van der Waals surface area contributed by atoms with Crippen LogP contribution < -0.4 is 25.6 Å². The summed E-state index contributed by atoms with van der Waals surface area (Å²) in [6.45, 7) is 5.59. The summed E-state index contributed by atoms with van der Waals surface area (Å²) < 4.78 is 10.7. The SMILES string of the molecule is COc1ccc(CC(NC(=O)C(C)NC(=O)Cc2cnc(N3CCCC3)s2)C(=O)NC(CC2=CCCC2)C(=O)C2(C)CO2)cc1. The summed E-state index contributed by atoms with van der Waals surface area (Å²) in [5.41, 5.74) is 1.03. The average molecular weight is 638 g/mol. The van der Waals surface area contributed by atoms with Crippen LogP contribution in [0.3, 0.4) is 0 Å². The number of ketones is 1. The van der Waals surface area contributed by atoms with Gasteiger partial charge in [0.05, 0.1) is 26.2 Å². The third-order valence-electron chi connectivity index (χ3n) is 8.59. The molecule has 1 aliphatic carbocycles. The number of benzene rings is 1. The number of carbonyl (C=O) groups excluding carboxylic acids is 4. The summed E-state index contributed by atoms with van der Waals surface area (Å²) in [6.07, 6.45) is 9.70. The van der Waals surface area contributed by atoms with Gasteiger partial charge in [-0.3, -0.25) is 19.2 Å². The molecule has 242 valence electrons. The number of anilines is 1. The van der Waals surface area contributed by atoms with Gasteiger partial charge < -0.3 is 30.3 Å². The molecule has 2 aromatic rings. The highest BCUT2D eigenvalue weighted by molar-refractivity contribution is 7.15. The molecule has 5 rings (SSSR count). The second-order valence-electron chi connectivity index (χ2n) is 12.3. The van der Waals surface area contributed by atoms with E-state index in [4.69, 9.17) is 9.47 Å². The highest BCUT2D eigenvalue weighted by atomic mass is 32.1. The standard InChI is InChI=1S/C33H43N5O6S/c1-21(35-28(39)18-25-19-34-32(45-25)38-14-6-7-15-38)30(41)37-27(17-23-10-12-24(43-3)13-11-23)31(42)36-26(16-22-8-4-5-9-22)29(40)33(2)20-44-33/h8,10-13,19,21,26-27H,4-7,9,14-18,20H2,1-3H3,(H,35,39)(H,36,42)(H,37,41). The first-order valence-corrected chi connectivity index (χ1v) is 16.5. The Morgan fingerprint density at radius 3 is 2.38 bits per heavy atom. The molecule has 4 unspecified atom stereocenters. The van der Waals surface area contributed by atoms with Gasteiger partial charge in [-0.15, -0.1) is 11.3 Å². The number of rotatable bonds is 15. The highest BCUT2D eigenvalue weighted by Crippen LogP contribution is 2.31. The first kappa shape index (κ1) is 32.6. The molecule has 0 saturated carbocycles. The van der Waals surface area contributed by atoms with Crippen LogP contribution in [0.5, 0.6) is 5.75 Å². The maximum Gasteiger partial charge on any atom is 0.243 e. The Hall–Kier alpha value is -3.77. The number of ether oxygens (including phenoxy) is 2. The van der Waals surface area contributed by atoms with E-state index in [1.54, 1.807) is 39.3 Å². The van der Waals surface area contributed by atoms with Gasteiger partial charge in [-0.25, -0.2) is 4.98 Å². The number of amides is 3. The molecule has 0 bridgehead atoms. The second-order valence-corrected chi connectivity index (χ2v) is 13.4. The molecule has 45 heavy (non-hydrogen) atoms. The minimum absolute atomic E-state index is 0.110. The summed E-state index contributed by atoms with van der Waals surface area (Å²) >= 11 is 1.49. The van der Waals surface area contributed by atoms with Crippen LogP contribution in [0.15, 0.2) is 42.1 Å². The van der Waals surface area contributed by atoms with Crippen molar-refractivity contribution in [1.82, 2.24) is 20.9 Å². The van der Waals surface area contributed by atoms with Gasteiger partial charge in [0, 0.05) is 30.6 Å². The van der Waals surface area contributed by atoms with E-state index in [1.165, 1.54) is 11.3 Å². The molecular weight excluding hydrogens is 594 g/mol. The molecule has 0 spiro atoms. The fraction of sp³-hybridized carbons (Fsp3) is 0.545. The normalized spacial score (nSPS) is 21.0. The van der Waals surface area contributed by atoms with Gasteiger partial charge in [-0.2, -0.15) is 0 Å². The zero-order chi connectivity index (χ0) is 32.0. The lowest BCUT2D eigenvalue weighted by Gasteiger charge is -2.25. The molecule has 11 nitrogen and oxygen atoms in total. The maximum absolute atomic E-state index is 13.8. The Morgan fingerprint density at radius 2 is 1.73 bits per heavy atom. The van der Waals surface area contributed by atoms with Crippen LogP contribution in [0.4, 0.5) is 5.13 Å². The van der Waals surface area contributed by atoms with Crippen molar-refractivity contribution >= 4 is 40.0 Å². The van der Waals surface area contributed by atoms with E-state index in [2.05, 4.69) is 31.9 Å². The van der Waals surface area contributed by atoms with Gasteiger partial charge in [0.2, 0.25) is 17.7 Å². The van der Waals surface area contributed by atoms with Crippen molar-refractivity contribution in [2.24, 2.45) is 0 Å². The lowest BCUT2D eigenvalue weighted by Crippen LogP contribution is -2.56. The van der Waals surface area contributed by atoms with E-state index in [-0.39, 0.29) is 24.5 Å². The van der Waals surface area contributed by atoms with Crippen molar-refractivity contribution in [1.29, 1.82) is 0 Å². The Labute approximate surface area is 268 Å². The summed E-state index contributed by atoms with van der Waals surface area (Å²) in [6, 6.07) is 4.57. The topological polar surface area (TPSA) is 142 Å². The third kappa shape index (κ3) is 8.70. The van der Waals surface area contributed by atoms with Gasteiger partial charge in [0.25, 0.3) is 0 Å². The predicted octanol–water partition coefficient (Wildman–Crippen LogP) is 2.87. The Bertz CT molecular complexity index is 1410. The number of Topliss-reactive ketones (excluding diaryl/α,β-unsaturated/α-hetero) is 1. The summed E-state index contributed by atoms with van der Waals surface area (Å²) in [5.74, 6) is -0.786. The summed E-state index contributed by atoms with van der Waals surface area (Å²) in [7, 11) is 1.57. The number of thiazole rings is 1. The molecular formula is C33H43N5O6S. The summed E-state index contributed by atoms with van der Waals surface area (Å²) in [4.78, 5) is 60.8. The molecule has 2 fully saturated rings. The predicted molar refractivity (Wildman–Crippen MR) is 171 cm³/mol. The molecule has 2 aliphatic heterocycles. The number of carbonyl (C=O) groups is 4. The van der Waals surface area contributed by atoms with Crippen molar-refractivity contribution in [2.75, 3.05) is 31.7 Å². The fourth-order valence-electron chi connectivity index (χ4n) is 5.74. The van der Waals surface area contributed by atoms with Crippen molar-refractivity contribution in [3.63, 3.8) is 0 Å². The monoisotopic (exact) mass is 637 g/mol. The van der Waals surface area contributed by atoms with E-state index in [9.17, 15) is 19.2 Å². The number of epoxide rings is 1. The molecule has 4 atom stereocenters. The Kier molecular flexibility index (Phi) is 10.5. The van der Waals surface area contributed by atoms with Crippen LogP contribution in [0.1, 0.15) is 62.8 Å². The van der Waals surface area contributed by atoms with Crippen LogP contribution in [0.25, 0.3) is 0 Å². The van der Waals surface area contributed by atoms with E-state index in [0.717, 1.165) is 66.3 Å². The zero-order valence-corrected chi connectivity index (χ0v) is 27.0. The largest absolute Gasteiger partial charge is 0.497 e. The van der Waals surface area contributed by atoms with Gasteiger partial charge in [0.1, 0.15) is 23.4 Å². The minimum Gasteiger partial charge on any atom is -0.497 e. The van der Waals surface area contributed by atoms with E-state index >= 15 is 0 Å². The quantitative estimate of drug-likeness (QED) is 0.200. The van der Waals surface area contributed by atoms with Crippen LogP contribution in [0.2, 0.25) is 0 Å². The lowest BCUT2D eigenvalue weighted by molar-refractivity contribution is -0.134. The first-order valence-electron chi connectivity index (χ1n) is 15.7. The number of hydrogen-bond donors (Lipinski definition) is 3. The first-order chi connectivity index (χ1) is 21.6. The zero-order valence-electron chi connectivity index (χ0n) is 26.2. The molecule has 1 aromatic carbocycles. The molecule has 3 N–H and O–H groups in total. The van der Waals surface area contributed by atoms with Crippen molar-refractivity contribution in [3.8, 4) is 5.75 Å². The number of hydrogen-bond acceptors (Lipinski definition) is 9. The molecule has 1 aromatic heterocycles. The molecule has 3 heterocycles. The van der Waals surface area contributed by atoms with E-state index < -0.39 is 35.5 Å². The van der Waals surface area contributed by atoms with Gasteiger partial charge in [-0.05, 0) is 70.1 Å². The van der Waals surface area contributed by atoms with Crippen molar-refractivity contribution < 1.29 is 28.7 Å². The van der Waals surface area contributed by atoms with E-state index in [0.29, 0.717) is 18.8 Å². The number of methoxy groups -OCH3 is 1. The number of nitrogens with one attached hydrogen (secondary N) is 3. The maximum atomic E-state index is 13.8. The smallest absolute Gasteiger partial charge is 0.243 e. The van der Waals surface area contributed by atoms with Crippen molar-refractivity contribution in [3.05, 3.63) is 52.6 Å². The van der Waals surface area contributed by atoms with Crippen molar-refractivity contribution in [2.45, 2.75) is 88.9 Å². The molecule has 3 aliphatic rings. The molecule has 12 heteroatoms. The van der Waals surface area contributed by atoms with Crippen LogP contribution in [0, 0.1) is 0 Å².